The van der Waals surface area contributed by atoms with Crippen LogP contribution in [0.2, 0.25) is 0 Å². The lowest BCUT2D eigenvalue weighted by Crippen LogP contribution is -2.17. The Balaban J connectivity index is 1.84. The van der Waals surface area contributed by atoms with Crippen LogP contribution in [0.4, 0.5) is 0 Å². The molecule has 0 heterocycles. The molecule has 2 aliphatic rings. The largest absolute Gasteiger partial charge is 0.0625 e. The Bertz CT molecular complexity index is 278. The summed E-state index contributed by atoms with van der Waals surface area (Å²) in [6.45, 7) is 10.0. The summed E-state index contributed by atoms with van der Waals surface area (Å²) in [5.41, 5.74) is 0.582. The van der Waals surface area contributed by atoms with Gasteiger partial charge in [-0.1, -0.05) is 79.1 Å². The van der Waals surface area contributed by atoms with Gasteiger partial charge in [-0.15, -0.1) is 0 Å². The molecule has 0 aromatic rings. The standard InChI is InChI=1S/C20H38/c1-16-10-6-5-9-13-20(3,4)15-17(2)19-14-18(19)12-8-7-11-16/h16-19H,5-15H2,1-4H3. The van der Waals surface area contributed by atoms with E-state index in [1.807, 2.05) is 0 Å². The van der Waals surface area contributed by atoms with E-state index in [1.165, 1.54) is 64.2 Å². The molecular formula is C20H38. The molecular weight excluding hydrogens is 240 g/mol. The maximum absolute atomic E-state index is 2.53. The van der Waals surface area contributed by atoms with Crippen LogP contribution < -0.4 is 0 Å². The maximum Gasteiger partial charge on any atom is -0.0352 e. The number of rotatable bonds is 0. The van der Waals surface area contributed by atoms with E-state index in [0.717, 1.165) is 23.7 Å². The van der Waals surface area contributed by atoms with E-state index in [4.69, 9.17) is 0 Å². The third kappa shape index (κ3) is 5.41. The van der Waals surface area contributed by atoms with Gasteiger partial charge in [0, 0.05) is 0 Å². The van der Waals surface area contributed by atoms with E-state index in [0.29, 0.717) is 5.41 Å². The van der Waals surface area contributed by atoms with Gasteiger partial charge in [-0.05, 0) is 48.3 Å². The van der Waals surface area contributed by atoms with Gasteiger partial charge in [0.25, 0.3) is 0 Å². The third-order valence-electron chi connectivity index (χ3n) is 6.16. The summed E-state index contributed by atoms with van der Waals surface area (Å²) in [7, 11) is 0. The first-order chi connectivity index (χ1) is 9.48. The zero-order chi connectivity index (χ0) is 14.6. The average Bonchev–Trinajstić information content (AvgIpc) is 3.12. The summed E-state index contributed by atoms with van der Waals surface area (Å²) in [6.07, 6.45) is 16.3. The molecule has 2 fully saturated rings. The fourth-order valence-electron chi connectivity index (χ4n) is 4.74. The van der Waals surface area contributed by atoms with Gasteiger partial charge in [-0.3, -0.25) is 0 Å². The van der Waals surface area contributed by atoms with Crippen LogP contribution in [0.5, 0.6) is 0 Å². The average molecular weight is 279 g/mol. The molecule has 0 nitrogen and oxygen atoms in total. The monoisotopic (exact) mass is 278 g/mol. The van der Waals surface area contributed by atoms with Gasteiger partial charge in [0.05, 0.1) is 0 Å². The van der Waals surface area contributed by atoms with E-state index in [-0.39, 0.29) is 0 Å². The molecule has 0 aromatic heterocycles. The molecule has 4 unspecified atom stereocenters. The molecule has 0 aliphatic heterocycles. The fraction of sp³-hybridized carbons (Fsp3) is 1.00. The minimum absolute atomic E-state index is 0.582. The zero-order valence-corrected chi connectivity index (χ0v) is 14.6. The van der Waals surface area contributed by atoms with Crippen LogP contribution in [-0.4, -0.2) is 0 Å². The van der Waals surface area contributed by atoms with E-state index in [1.54, 1.807) is 6.42 Å². The van der Waals surface area contributed by atoms with Gasteiger partial charge in [-0.2, -0.15) is 0 Å². The van der Waals surface area contributed by atoms with E-state index in [2.05, 4.69) is 27.7 Å². The third-order valence-corrected chi connectivity index (χ3v) is 6.16. The van der Waals surface area contributed by atoms with Crippen molar-refractivity contribution in [3.63, 3.8) is 0 Å². The van der Waals surface area contributed by atoms with Gasteiger partial charge in [-0.25, -0.2) is 0 Å². The lowest BCUT2D eigenvalue weighted by atomic mass is 9.77. The molecule has 20 heavy (non-hydrogen) atoms. The van der Waals surface area contributed by atoms with Crippen molar-refractivity contribution in [2.45, 2.75) is 98.3 Å². The summed E-state index contributed by atoms with van der Waals surface area (Å²) in [5.74, 6) is 4.12. The number of fused-ring (bicyclic) bond motifs is 1. The van der Waals surface area contributed by atoms with Crippen molar-refractivity contribution < 1.29 is 0 Å². The van der Waals surface area contributed by atoms with Crippen molar-refractivity contribution in [1.82, 2.24) is 0 Å². The molecule has 0 saturated heterocycles. The Morgan fingerprint density at radius 2 is 1.45 bits per heavy atom. The molecule has 0 spiro atoms. The van der Waals surface area contributed by atoms with Crippen molar-refractivity contribution in [1.29, 1.82) is 0 Å². The Labute approximate surface area is 128 Å². The van der Waals surface area contributed by atoms with Crippen LogP contribution >= 0.6 is 0 Å². The van der Waals surface area contributed by atoms with Crippen molar-refractivity contribution >= 4 is 0 Å². The Kier molecular flexibility index (Phi) is 5.99. The topological polar surface area (TPSA) is 0 Å². The summed E-state index contributed by atoms with van der Waals surface area (Å²) >= 11 is 0. The second-order valence-corrected chi connectivity index (χ2v) is 8.99. The molecule has 0 heteroatoms. The highest BCUT2D eigenvalue weighted by Gasteiger charge is 2.41. The van der Waals surface area contributed by atoms with Crippen molar-refractivity contribution in [2.24, 2.45) is 29.1 Å². The van der Waals surface area contributed by atoms with Crippen LogP contribution in [0.15, 0.2) is 0 Å². The number of hydrogen-bond acceptors (Lipinski definition) is 0. The van der Waals surface area contributed by atoms with Crippen LogP contribution in [0.3, 0.4) is 0 Å². The van der Waals surface area contributed by atoms with E-state index in [9.17, 15) is 0 Å². The van der Waals surface area contributed by atoms with Gasteiger partial charge in [0.15, 0.2) is 0 Å². The van der Waals surface area contributed by atoms with Crippen LogP contribution in [0, 0.1) is 29.1 Å². The Morgan fingerprint density at radius 1 is 0.800 bits per heavy atom. The molecule has 2 rings (SSSR count). The smallest absolute Gasteiger partial charge is 0.0352 e. The van der Waals surface area contributed by atoms with Crippen LogP contribution in [0.1, 0.15) is 98.3 Å². The molecule has 118 valence electrons. The number of hydrogen-bond donors (Lipinski definition) is 0. The Hall–Kier alpha value is 0. The zero-order valence-electron chi connectivity index (χ0n) is 14.6. The molecule has 0 aromatic carbocycles. The molecule has 4 atom stereocenters. The summed E-state index contributed by atoms with van der Waals surface area (Å²) in [5, 5.41) is 0. The minimum atomic E-state index is 0.582. The second kappa shape index (κ2) is 7.32. The second-order valence-electron chi connectivity index (χ2n) is 8.99. The van der Waals surface area contributed by atoms with Gasteiger partial charge >= 0.3 is 0 Å². The van der Waals surface area contributed by atoms with E-state index < -0.39 is 0 Å². The molecule has 0 N–H and O–H groups in total. The molecule has 0 bridgehead atoms. The molecule has 0 amide bonds. The fourth-order valence-corrected chi connectivity index (χ4v) is 4.74. The highest BCUT2D eigenvalue weighted by molar-refractivity contribution is 4.91. The normalized spacial score (nSPS) is 40.2. The van der Waals surface area contributed by atoms with E-state index >= 15 is 0 Å². The van der Waals surface area contributed by atoms with Crippen molar-refractivity contribution in [3.05, 3.63) is 0 Å². The first-order valence-electron chi connectivity index (χ1n) is 9.48. The lowest BCUT2D eigenvalue weighted by molar-refractivity contribution is 0.229. The van der Waals surface area contributed by atoms with Crippen molar-refractivity contribution in [2.75, 3.05) is 0 Å². The minimum Gasteiger partial charge on any atom is -0.0625 e. The highest BCUT2D eigenvalue weighted by Crippen LogP contribution is 2.51. The lowest BCUT2D eigenvalue weighted by Gasteiger charge is -2.28. The molecule has 2 saturated carbocycles. The molecule has 0 radical (unpaired) electrons. The SMILES string of the molecule is CC1CCCCCC(C)(C)CC(C)C2CC2CCCC1. The van der Waals surface area contributed by atoms with Crippen molar-refractivity contribution in [3.8, 4) is 0 Å². The maximum atomic E-state index is 2.53. The Morgan fingerprint density at radius 3 is 2.20 bits per heavy atom. The van der Waals surface area contributed by atoms with Gasteiger partial charge < -0.3 is 0 Å². The summed E-state index contributed by atoms with van der Waals surface area (Å²) in [4.78, 5) is 0. The quantitative estimate of drug-likeness (QED) is 0.455. The summed E-state index contributed by atoms with van der Waals surface area (Å²) in [6, 6.07) is 0. The van der Waals surface area contributed by atoms with Gasteiger partial charge in [0.1, 0.15) is 0 Å². The predicted molar refractivity (Wildman–Crippen MR) is 89.9 cm³/mol. The van der Waals surface area contributed by atoms with Gasteiger partial charge in [0.2, 0.25) is 0 Å². The summed E-state index contributed by atoms with van der Waals surface area (Å²) < 4.78 is 0. The molecule has 2 aliphatic carbocycles. The van der Waals surface area contributed by atoms with Crippen LogP contribution in [0.25, 0.3) is 0 Å². The first-order valence-corrected chi connectivity index (χ1v) is 9.48. The first kappa shape index (κ1) is 16.4. The predicted octanol–water partition coefficient (Wildman–Crippen LogP) is 6.84. The highest BCUT2D eigenvalue weighted by atomic mass is 14.5. The van der Waals surface area contributed by atoms with Crippen LogP contribution in [-0.2, 0) is 0 Å².